The van der Waals surface area contributed by atoms with Gasteiger partial charge in [-0.25, -0.2) is 0 Å². The van der Waals surface area contributed by atoms with Gasteiger partial charge in [-0.15, -0.1) is 0 Å². The fourth-order valence-corrected chi connectivity index (χ4v) is 1.31. The molecule has 0 radical (unpaired) electrons. The van der Waals surface area contributed by atoms with Crippen molar-refractivity contribution in [3.63, 3.8) is 0 Å². The molecule has 2 nitrogen and oxygen atoms in total. The third kappa shape index (κ3) is 38.8. The van der Waals surface area contributed by atoms with Crippen molar-refractivity contribution in [2.75, 3.05) is 0 Å². The van der Waals surface area contributed by atoms with Gasteiger partial charge in [0.15, 0.2) is 0 Å². The molecule has 1 unspecified atom stereocenters. The minimum absolute atomic E-state index is 0.302. The number of carboxylic acid groups (broad SMARTS) is 1. The highest BCUT2D eigenvalue weighted by Crippen LogP contribution is 2.05. The zero-order valence-corrected chi connectivity index (χ0v) is 20.3. The van der Waals surface area contributed by atoms with Gasteiger partial charge in [0.1, 0.15) is 0 Å². The van der Waals surface area contributed by atoms with E-state index in [4.69, 9.17) is 5.11 Å². The van der Waals surface area contributed by atoms with Crippen LogP contribution in [0.5, 0.6) is 0 Å². The van der Waals surface area contributed by atoms with E-state index in [1.165, 1.54) is 38.5 Å². The van der Waals surface area contributed by atoms with E-state index >= 15 is 0 Å². The van der Waals surface area contributed by atoms with Gasteiger partial charge in [-0.1, -0.05) is 121 Å². The number of hydrogen-bond acceptors (Lipinski definition) is 1. The topological polar surface area (TPSA) is 37.3 Å². The average Bonchev–Trinajstić information content (AvgIpc) is 2.66. The van der Waals surface area contributed by atoms with E-state index in [0.29, 0.717) is 12.3 Å². The summed E-state index contributed by atoms with van der Waals surface area (Å²) in [5.74, 6) is 2.44. The summed E-state index contributed by atoms with van der Waals surface area (Å²) in [7, 11) is 0. The third-order valence-corrected chi connectivity index (χ3v) is 5.40. The van der Waals surface area contributed by atoms with Crippen molar-refractivity contribution in [3.05, 3.63) is 0 Å². The Kier molecular flexibility index (Phi) is 34.0. The zero-order valence-electron chi connectivity index (χ0n) is 20.3. The number of carbonyl (C=O) groups is 1. The van der Waals surface area contributed by atoms with E-state index < -0.39 is 5.97 Å². The summed E-state index contributed by atoms with van der Waals surface area (Å²) >= 11 is 0. The standard InChI is InChI=1S/C6H12O2.3C6H14/c1-3-5(2)4-6(7)8;3*1-4-6(3)5-2/h5H,3-4H2,1-2H3,(H,7,8);3*6H,4-5H2,1-3H3. The predicted molar refractivity (Wildman–Crippen MR) is 121 cm³/mol. The second-order valence-corrected chi connectivity index (χ2v) is 7.88. The molecule has 0 aromatic carbocycles. The third-order valence-electron chi connectivity index (χ3n) is 5.40. The highest BCUT2D eigenvalue weighted by Gasteiger charge is 2.02. The van der Waals surface area contributed by atoms with Gasteiger partial charge < -0.3 is 5.11 Å². The van der Waals surface area contributed by atoms with Crippen molar-refractivity contribution in [3.8, 4) is 0 Å². The van der Waals surface area contributed by atoms with E-state index in [1.54, 1.807) is 0 Å². The molecule has 0 aliphatic carbocycles. The Labute approximate surface area is 167 Å². The lowest BCUT2D eigenvalue weighted by atomic mass is 10.1. The second-order valence-electron chi connectivity index (χ2n) is 7.88. The second kappa shape index (κ2) is 26.7. The number of hydrogen-bond donors (Lipinski definition) is 1. The Morgan fingerprint density at radius 1 is 0.538 bits per heavy atom. The van der Waals surface area contributed by atoms with Crippen molar-refractivity contribution in [2.45, 2.75) is 128 Å². The van der Waals surface area contributed by atoms with Gasteiger partial charge in [0.25, 0.3) is 0 Å². The Balaban J connectivity index is -0.000000125. The first kappa shape index (κ1) is 33.1. The Morgan fingerprint density at radius 3 is 0.769 bits per heavy atom. The fourth-order valence-electron chi connectivity index (χ4n) is 1.31. The normalized spacial score (nSPS) is 11.0. The lowest BCUT2D eigenvalue weighted by Crippen LogP contribution is -2.02. The molecular formula is C24H54O2. The van der Waals surface area contributed by atoms with Crippen molar-refractivity contribution in [1.82, 2.24) is 0 Å². The van der Waals surface area contributed by atoms with Crippen molar-refractivity contribution < 1.29 is 9.90 Å². The Bertz CT molecular complexity index is 215. The van der Waals surface area contributed by atoms with Crippen LogP contribution in [0.25, 0.3) is 0 Å². The summed E-state index contributed by atoms with van der Waals surface area (Å²) in [6, 6.07) is 0. The monoisotopic (exact) mass is 374 g/mol. The molecule has 2 heteroatoms. The van der Waals surface area contributed by atoms with Gasteiger partial charge in [-0.05, 0) is 23.7 Å². The molecule has 0 amide bonds. The first-order valence-corrected chi connectivity index (χ1v) is 11.3. The molecule has 1 atom stereocenters. The smallest absolute Gasteiger partial charge is 0.303 e. The largest absolute Gasteiger partial charge is 0.481 e. The first-order valence-electron chi connectivity index (χ1n) is 11.3. The molecule has 0 aliphatic heterocycles. The summed E-state index contributed by atoms with van der Waals surface area (Å²) in [4.78, 5) is 9.97. The van der Waals surface area contributed by atoms with Crippen LogP contribution in [0.2, 0.25) is 0 Å². The molecule has 1 N–H and O–H groups in total. The minimum atomic E-state index is -0.695. The van der Waals surface area contributed by atoms with E-state index in [1.807, 2.05) is 13.8 Å². The van der Waals surface area contributed by atoms with E-state index in [9.17, 15) is 4.79 Å². The highest BCUT2D eigenvalue weighted by atomic mass is 16.4. The van der Waals surface area contributed by atoms with Gasteiger partial charge in [-0.3, -0.25) is 4.79 Å². The minimum Gasteiger partial charge on any atom is -0.481 e. The molecule has 0 spiro atoms. The highest BCUT2D eigenvalue weighted by molar-refractivity contribution is 5.66. The lowest BCUT2D eigenvalue weighted by Gasteiger charge is -2.00. The van der Waals surface area contributed by atoms with E-state index in [0.717, 1.165) is 24.2 Å². The van der Waals surface area contributed by atoms with Gasteiger partial charge in [0, 0.05) is 6.42 Å². The van der Waals surface area contributed by atoms with Crippen LogP contribution in [0.4, 0.5) is 0 Å². The molecule has 0 fully saturated rings. The average molecular weight is 375 g/mol. The van der Waals surface area contributed by atoms with Crippen LogP contribution in [0.1, 0.15) is 128 Å². The summed E-state index contributed by atoms with van der Waals surface area (Å²) in [6.45, 7) is 24.1. The molecule has 26 heavy (non-hydrogen) atoms. The van der Waals surface area contributed by atoms with Crippen LogP contribution in [-0.2, 0) is 4.79 Å². The maximum Gasteiger partial charge on any atom is 0.303 e. The van der Waals surface area contributed by atoms with Crippen LogP contribution in [0, 0.1) is 23.7 Å². The van der Waals surface area contributed by atoms with Gasteiger partial charge in [0.2, 0.25) is 0 Å². The molecule has 0 aromatic rings. The number of aliphatic carboxylic acids is 1. The zero-order chi connectivity index (χ0) is 21.5. The molecule has 0 saturated heterocycles. The molecule has 0 aromatic heterocycles. The van der Waals surface area contributed by atoms with Crippen LogP contribution in [-0.4, -0.2) is 11.1 Å². The molecule has 0 bridgehead atoms. The van der Waals surface area contributed by atoms with Crippen molar-refractivity contribution in [2.24, 2.45) is 23.7 Å². The SMILES string of the molecule is CCC(C)CC.CCC(C)CC.CCC(C)CC.CCC(C)CC(=O)O. The van der Waals surface area contributed by atoms with E-state index in [2.05, 4.69) is 62.3 Å². The molecule has 0 rings (SSSR count). The summed E-state index contributed by atoms with van der Waals surface area (Å²) in [5, 5.41) is 8.22. The summed E-state index contributed by atoms with van der Waals surface area (Å²) < 4.78 is 0. The number of carboxylic acids is 1. The summed E-state index contributed by atoms with van der Waals surface area (Å²) in [6.07, 6.45) is 9.23. The van der Waals surface area contributed by atoms with Gasteiger partial charge in [-0.2, -0.15) is 0 Å². The summed E-state index contributed by atoms with van der Waals surface area (Å²) in [5.41, 5.74) is 0. The number of rotatable bonds is 9. The maximum absolute atomic E-state index is 9.97. The van der Waals surface area contributed by atoms with Crippen molar-refractivity contribution in [1.29, 1.82) is 0 Å². The predicted octanol–water partition coefficient (Wildman–Crippen LogP) is 8.83. The Hall–Kier alpha value is -0.530. The van der Waals surface area contributed by atoms with Crippen LogP contribution in [0.15, 0.2) is 0 Å². The van der Waals surface area contributed by atoms with Crippen LogP contribution < -0.4 is 0 Å². The van der Waals surface area contributed by atoms with Crippen LogP contribution in [0.3, 0.4) is 0 Å². The van der Waals surface area contributed by atoms with E-state index in [-0.39, 0.29) is 0 Å². The van der Waals surface area contributed by atoms with Gasteiger partial charge in [0.05, 0.1) is 0 Å². The molecule has 0 heterocycles. The Morgan fingerprint density at radius 2 is 0.731 bits per heavy atom. The van der Waals surface area contributed by atoms with Crippen LogP contribution >= 0.6 is 0 Å². The van der Waals surface area contributed by atoms with Gasteiger partial charge >= 0.3 is 5.97 Å². The molecule has 0 saturated carbocycles. The fraction of sp³-hybridized carbons (Fsp3) is 0.958. The lowest BCUT2D eigenvalue weighted by molar-refractivity contribution is -0.137. The van der Waals surface area contributed by atoms with Crippen molar-refractivity contribution >= 4 is 5.97 Å². The molecule has 162 valence electrons. The molecular weight excluding hydrogens is 320 g/mol. The quantitative estimate of drug-likeness (QED) is 0.437. The first-order chi connectivity index (χ1) is 12.1. The maximum atomic E-state index is 9.97. The molecule has 0 aliphatic rings.